The van der Waals surface area contributed by atoms with Crippen molar-refractivity contribution in [1.29, 1.82) is 0 Å². The summed E-state index contributed by atoms with van der Waals surface area (Å²) in [6.07, 6.45) is 2.03. The van der Waals surface area contributed by atoms with Gasteiger partial charge < -0.3 is 40.3 Å². The molecule has 244 valence electrons. The Labute approximate surface area is 272 Å². The van der Waals surface area contributed by atoms with Crippen molar-refractivity contribution in [3.8, 4) is 34.5 Å². The largest absolute Gasteiger partial charge is 0.508 e. The SMILES string of the molecule is COc1cc(CC[C@@H](O)[C@@H](Cc2ccnc(Nc3ccc4cc(O)ccc4c3)c2)C(=O)CCc2cc(O)c(O)c(OC)c2)ccc1O. The quantitative estimate of drug-likeness (QED) is 0.0776. The summed E-state index contributed by atoms with van der Waals surface area (Å²) >= 11 is 0. The molecule has 6 N–H and O–H groups in total. The number of carbonyl (C=O) groups excluding carboxylic acids is 1. The Hall–Kier alpha value is -5.48. The first-order chi connectivity index (χ1) is 22.6. The topological polar surface area (TPSA) is 162 Å². The third kappa shape index (κ3) is 8.22. The molecule has 10 nitrogen and oxygen atoms in total. The fourth-order valence-corrected chi connectivity index (χ4v) is 5.64. The van der Waals surface area contributed by atoms with Crippen molar-refractivity contribution in [2.45, 2.75) is 38.2 Å². The Kier molecular flexibility index (Phi) is 10.3. The summed E-state index contributed by atoms with van der Waals surface area (Å²) in [6, 6.07) is 22.5. The number of ether oxygens (including phenoxy) is 2. The molecule has 0 saturated carbocycles. The number of phenols is 4. The normalized spacial score (nSPS) is 12.4. The minimum Gasteiger partial charge on any atom is -0.508 e. The number of aliphatic hydroxyl groups is 1. The van der Waals surface area contributed by atoms with Gasteiger partial charge >= 0.3 is 0 Å². The van der Waals surface area contributed by atoms with Crippen molar-refractivity contribution in [3.63, 3.8) is 0 Å². The van der Waals surface area contributed by atoms with Crippen LogP contribution in [0.25, 0.3) is 10.8 Å². The lowest BCUT2D eigenvalue weighted by Crippen LogP contribution is -2.31. The number of benzene rings is 4. The van der Waals surface area contributed by atoms with Gasteiger partial charge in [0, 0.05) is 24.2 Å². The fourth-order valence-electron chi connectivity index (χ4n) is 5.64. The molecule has 4 aromatic carbocycles. The lowest BCUT2D eigenvalue weighted by molar-refractivity contribution is -0.126. The van der Waals surface area contributed by atoms with Gasteiger partial charge in [0.25, 0.3) is 0 Å². The van der Waals surface area contributed by atoms with E-state index in [1.54, 1.807) is 36.5 Å². The number of methoxy groups -OCH3 is 2. The maximum absolute atomic E-state index is 13.7. The first kappa shape index (κ1) is 32.9. The number of aromatic hydroxyl groups is 4. The first-order valence-electron chi connectivity index (χ1n) is 15.2. The van der Waals surface area contributed by atoms with Crippen LogP contribution in [-0.2, 0) is 24.1 Å². The van der Waals surface area contributed by atoms with E-state index >= 15 is 0 Å². The molecule has 47 heavy (non-hydrogen) atoms. The van der Waals surface area contributed by atoms with Crippen molar-refractivity contribution in [2.24, 2.45) is 5.92 Å². The standard InChI is InChI=1S/C37H38N2O8/c1-46-34-17-22(4-12-32(34)43)3-10-30(41)29(31(42)11-5-23-16-33(44)37(45)35(18-23)47-2)15-24-13-14-38-36(19-24)39-27-8-6-26-21-28(40)9-7-25(26)20-27/h4,6-9,12-14,16-21,29-30,40-41,43-45H,3,5,10-11,15H2,1-2H3,(H,38,39)/t29-,30-/m1/s1. The zero-order valence-corrected chi connectivity index (χ0v) is 26.2. The van der Waals surface area contributed by atoms with Crippen molar-refractivity contribution in [1.82, 2.24) is 4.98 Å². The molecule has 10 heteroatoms. The fraction of sp³-hybridized carbons (Fsp3) is 0.243. The molecule has 2 atom stereocenters. The van der Waals surface area contributed by atoms with Crippen LogP contribution in [0.2, 0.25) is 0 Å². The monoisotopic (exact) mass is 638 g/mol. The predicted molar refractivity (Wildman–Crippen MR) is 179 cm³/mol. The smallest absolute Gasteiger partial charge is 0.200 e. The molecular weight excluding hydrogens is 600 g/mol. The minimum absolute atomic E-state index is 0.0202. The highest BCUT2D eigenvalue weighted by Gasteiger charge is 2.27. The van der Waals surface area contributed by atoms with Gasteiger partial charge in [-0.05, 0) is 114 Å². The second-order valence-electron chi connectivity index (χ2n) is 11.5. The van der Waals surface area contributed by atoms with Gasteiger partial charge in [0.2, 0.25) is 5.75 Å². The van der Waals surface area contributed by atoms with Gasteiger partial charge in [-0.1, -0.05) is 18.2 Å². The van der Waals surface area contributed by atoms with Gasteiger partial charge in [-0.15, -0.1) is 0 Å². The van der Waals surface area contributed by atoms with E-state index in [1.165, 1.54) is 26.4 Å². The van der Waals surface area contributed by atoms with E-state index in [9.17, 15) is 30.3 Å². The number of fused-ring (bicyclic) bond motifs is 1. The van der Waals surface area contributed by atoms with Crippen LogP contribution in [0.3, 0.4) is 0 Å². The average Bonchev–Trinajstić information content (AvgIpc) is 3.07. The number of aliphatic hydroxyl groups excluding tert-OH is 1. The third-order valence-electron chi connectivity index (χ3n) is 8.22. The van der Waals surface area contributed by atoms with Crippen molar-refractivity contribution < 1.29 is 39.8 Å². The zero-order chi connectivity index (χ0) is 33.5. The zero-order valence-electron chi connectivity index (χ0n) is 26.2. The number of nitrogens with one attached hydrogen (secondary N) is 1. The molecule has 0 aliphatic carbocycles. The predicted octanol–water partition coefficient (Wildman–Crippen LogP) is 6.17. The molecule has 1 heterocycles. The lowest BCUT2D eigenvalue weighted by Gasteiger charge is -2.23. The van der Waals surface area contributed by atoms with Crippen LogP contribution in [0.15, 0.2) is 85.1 Å². The van der Waals surface area contributed by atoms with E-state index in [1.807, 2.05) is 36.4 Å². The summed E-state index contributed by atoms with van der Waals surface area (Å²) in [5, 5.41) is 56.4. The maximum atomic E-state index is 13.7. The van der Waals surface area contributed by atoms with Crippen LogP contribution < -0.4 is 14.8 Å². The van der Waals surface area contributed by atoms with Gasteiger partial charge in [-0.2, -0.15) is 0 Å². The van der Waals surface area contributed by atoms with Crippen molar-refractivity contribution in [3.05, 3.63) is 102 Å². The molecular formula is C37H38N2O8. The molecule has 5 rings (SSSR count). The number of rotatable bonds is 14. The molecule has 0 bridgehead atoms. The Morgan fingerprint density at radius 1 is 0.766 bits per heavy atom. The molecule has 0 saturated heterocycles. The third-order valence-corrected chi connectivity index (χ3v) is 8.22. The molecule has 0 aliphatic heterocycles. The molecule has 0 fully saturated rings. The molecule has 5 aromatic rings. The Morgan fingerprint density at radius 3 is 2.30 bits per heavy atom. The number of carbonyl (C=O) groups is 1. The first-order valence-corrected chi connectivity index (χ1v) is 15.2. The highest BCUT2D eigenvalue weighted by molar-refractivity contribution is 5.87. The number of anilines is 2. The van der Waals surface area contributed by atoms with E-state index in [4.69, 9.17) is 9.47 Å². The average molecular weight is 639 g/mol. The van der Waals surface area contributed by atoms with Gasteiger partial charge in [0.1, 0.15) is 17.4 Å². The second kappa shape index (κ2) is 14.7. The number of pyridine rings is 1. The molecule has 0 unspecified atom stereocenters. The van der Waals surface area contributed by atoms with Gasteiger partial charge in [-0.3, -0.25) is 4.79 Å². The Morgan fingerprint density at radius 2 is 1.51 bits per heavy atom. The van der Waals surface area contributed by atoms with E-state index < -0.39 is 12.0 Å². The van der Waals surface area contributed by atoms with Crippen LogP contribution >= 0.6 is 0 Å². The van der Waals surface area contributed by atoms with Crippen molar-refractivity contribution >= 4 is 28.1 Å². The summed E-state index contributed by atoms with van der Waals surface area (Å²) in [6.45, 7) is 0. The highest BCUT2D eigenvalue weighted by atomic mass is 16.5. The van der Waals surface area contributed by atoms with Crippen LogP contribution in [0.5, 0.6) is 34.5 Å². The molecule has 0 aliphatic rings. The van der Waals surface area contributed by atoms with Crippen molar-refractivity contribution in [2.75, 3.05) is 19.5 Å². The Bertz CT molecular complexity index is 1880. The number of hydrogen-bond acceptors (Lipinski definition) is 10. The lowest BCUT2D eigenvalue weighted by atomic mass is 9.85. The number of ketones is 1. The summed E-state index contributed by atoms with van der Waals surface area (Å²) < 4.78 is 10.3. The number of aryl methyl sites for hydroxylation is 2. The van der Waals surface area contributed by atoms with E-state index in [-0.39, 0.29) is 53.8 Å². The molecule has 0 spiro atoms. The minimum atomic E-state index is -0.980. The van der Waals surface area contributed by atoms with Crippen LogP contribution in [-0.4, -0.2) is 56.6 Å². The molecule has 0 amide bonds. The number of Topliss-reactive ketones (excluding diaryl/α,β-unsaturated/α-hetero) is 1. The summed E-state index contributed by atoms with van der Waals surface area (Å²) in [4.78, 5) is 18.2. The van der Waals surface area contributed by atoms with Crippen LogP contribution in [0.1, 0.15) is 29.5 Å². The maximum Gasteiger partial charge on any atom is 0.200 e. The molecule has 1 aromatic heterocycles. The number of phenolic OH excluding ortho intramolecular Hbond substituents is 4. The van der Waals surface area contributed by atoms with E-state index in [2.05, 4.69) is 10.3 Å². The van der Waals surface area contributed by atoms with Crippen LogP contribution in [0.4, 0.5) is 11.5 Å². The summed E-state index contributed by atoms with van der Waals surface area (Å²) in [5.74, 6) is -0.380. The van der Waals surface area contributed by atoms with Gasteiger partial charge in [-0.25, -0.2) is 4.98 Å². The number of nitrogens with zero attached hydrogens (tertiary/aromatic N) is 1. The van der Waals surface area contributed by atoms with Gasteiger partial charge in [0.05, 0.1) is 20.3 Å². The summed E-state index contributed by atoms with van der Waals surface area (Å²) in [7, 11) is 2.85. The summed E-state index contributed by atoms with van der Waals surface area (Å²) in [5.41, 5.74) is 3.06. The van der Waals surface area contributed by atoms with E-state index in [0.29, 0.717) is 30.0 Å². The number of hydrogen-bond donors (Lipinski definition) is 6. The second-order valence-corrected chi connectivity index (χ2v) is 11.5. The van der Waals surface area contributed by atoms with E-state index in [0.717, 1.165) is 27.6 Å². The van der Waals surface area contributed by atoms with Crippen LogP contribution in [0, 0.1) is 5.92 Å². The Balaban J connectivity index is 1.34. The number of aromatic nitrogens is 1. The highest BCUT2D eigenvalue weighted by Crippen LogP contribution is 2.37. The molecule has 0 radical (unpaired) electrons. The van der Waals surface area contributed by atoms with Gasteiger partial charge in [0.15, 0.2) is 23.0 Å².